The number of hydrogen-bond donors (Lipinski definition) is 0. The van der Waals surface area contributed by atoms with Crippen molar-refractivity contribution in [2.45, 2.75) is 0 Å². The minimum atomic E-state index is -0.0999. The molecule has 0 unspecified atom stereocenters. The van der Waals surface area contributed by atoms with Gasteiger partial charge in [0.1, 0.15) is 5.75 Å². The first-order valence-corrected chi connectivity index (χ1v) is 8.89. The lowest BCUT2D eigenvalue weighted by Gasteiger charge is -2.04. The minimum Gasteiger partial charge on any atom is -0.497 e. The molecule has 0 amide bonds. The Hall–Kier alpha value is -3.86. The van der Waals surface area contributed by atoms with Crippen LogP contribution in [-0.4, -0.2) is 17.7 Å². The lowest BCUT2D eigenvalue weighted by Crippen LogP contribution is -2.14. The quantitative estimate of drug-likeness (QED) is 0.423. The molecule has 3 aromatic carbocycles. The van der Waals surface area contributed by atoms with Gasteiger partial charge in [0, 0.05) is 17.0 Å². The molecule has 0 atom stereocenters. The minimum absolute atomic E-state index is 0.0999. The van der Waals surface area contributed by atoms with Gasteiger partial charge in [-0.1, -0.05) is 30.3 Å². The molecule has 2 aromatic heterocycles. The van der Waals surface area contributed by atoms with Crippen LogP contribution in [-0.2, 0) is 0 Å². The van der Waals surface area contributed by atoms with E-state index in [0.717, 1.165) is 27.9 Å². The Morgan fingerprint density at radius 2 is 1.64 bits per heavy atom. The van der Waals surface area contributed by atoms with E-state index in [1.165, 1.54) is 0 Å². The zero-order valence-electron chi connectivity index (χ0n) is 15.1. The van der Waals surface area contributed by atoms with Crippen molar-refractivity contribution in [1.82, 2.24) is 4.40 Å². The fourth-order valence-corrected chi connectivity index (χ4v) is 3.44. The lowest BCUT2D eigenvalue weighted by molar-refractivity contribution is 0.415. The maximum atomic E-state index is 13.1. The predicted molar refractivity (Wildman–Crippen MR) is 111 cm³/mol. The smallest absolute Gasteiger partial charge is 0.265 e. The van der Waals surface area contributed by atoms with Gasteiger partial charge >= 0.3 is 0 Å². The zero-order valence-corrected chi connectivity index (χ0v) is 15.1. The standard InChI is InChI=1S/C23H16N2O3/c1-27-16-12-10-15(11-13-16)24-14-19-17-6-2-3-7-18(17)22(26)25-20-8-4-5-9-21(20)28-23(19)25/h2-14H,1H3. The van der Waals surface area contributed by atoms with Gasteiger partial charge in [-0.3, -0.25) is 9.79 Å². The van der Waals surface area contributed by atoms with Crippen molar-refractivity contribution in [3.63, 3.8) is 0 Å². The average Bonchev–Trinajstić information content (AvgIpc) is 3.14. The van der Waals surface area contributed by atoms with Crippen molar-refractivity contribution in [3.05, 3.63) is 88.7 Å². The molecule has 5 aromatic rings. The topological polar surface area (TPSA) is 56.2 Å². The van der Waals surface area contributed by atoms with Gasteiger partial charge in [-0.15, -0.1) is 0 Å². The van der Waals surface area contributed by atoms with Gasteiger partial charge in [-0.05, 0) is 42.5 Å². The molecule has 5 heteroatoms. The van der Waals surface area contributed by atoms with Crippen molar-refractivity contribution < 1.29 is 9.15 Å². The van der Waals surface area contributed by atoms with Crippen molar-refractivity contribution in [2.24, 2.45) is 4.99 Å². The number of benzene rings is 3. The number of hydrogen-bond acceptors (Lipinski definition) is 4. The molecule has 0 aliphatic rings. The maximum Gasteiger partial charge on any atom is 0.265 e. The molecule has 0 radical (unpaired) electrons. The highest BCUT2D eigenvalue weighted by molar-refractivity contribution is 6.06. The molecule has 0 N–H and O–H groups in total. The van der Waals surface area contributed by atoms with Crippen molar-refractivity contribution >= 4 is 39.5 Å². The summed E-state index contributed by atoms with van der Waals surface area (Å²) in [5.41, 5.74) is 3.34. The number of para-hydroxylation sites is 2. The number of ether oxygens (including phenoxy) is 1. The number of rotatable bonds is 3. The Morgan fingerprint density at radius 3 is 2.43 bits per heavy atom. The van der Waals surface area contributed by atoms with Gasteiger partial charge in [0.2, 0.25) is 5.71 Å². The molecule has 136 valence electrons. The first-order chi connectivity index (χ1) is 13.8. The molecule has 2 heterocycles. The summed E-state index contributed by atoms with van der Waals surface area (Å²) in [7, 11) is 1.63. The molecular weight excluding hydrogens is 352 g/mol. The second kappa shape index (κ2) is 6.39. The summed E-state index contributed by atoms with van der Waals surface area (Å²) < 4.78 is 12.9. The third-order valence-corrected chi connectivity index (χ3v) is 4.81. The highest BCUT2D eigenvalue weighted by Crippen LogP contribution is 2.26. The Labute approximate surface area is 160 Å². The Bertz CT molecular complexity index is 1410. The molecule has 0 aliphatic carbocycles. The van der Waals surface area contributed by atoms with E-state index in [0.29, 0.717) is 16.7 Å². The second-order valence-corrected chi connectivity index (χ2v) is 6.43. The number of fused-ring (bicyclic) bond motifs is 4. The van der Waals surface area contributed by atoms with Crippen molar-refractivity contribution in [3.8, 4) is 5.75 Å². The number of aromatic nitrogens is 1. The van der Waals surface area contributed by atoms with E-state index in [4.69, 9.17) is 9.15 Å². The number of methoxy groups -OCH3 is 1. The van der Waals surface area contributed by atoms with Crippen LogP contribution < -0.4 is 10.3 Å². The summed E-state index contributed by atoms with van der Waals surface area (Å²) in [5, 5.41) is 1.44. The SMILES string of the molecule is COc1ccc(N=Cc2c3ccccc3c(=O)n3c2oc2ccccc23)cc1. The van der Waals surface area contributed by atoms with Crippen LogP contribution in [0, 0.1) is 0 Å². The summed E-state index contributed by atoms with van der Waals surface area (Å²) in [5.74, 6) is 0.773. The summed E-state index contributed by atoms with van der Waals surface area (Å²) in [4.78, 5) is 17.7. The Kier molecular flexibility index (Phi) is 3.72. The van der Waals surface area contributed by atoms with Crippen LogP contribution in [0.5, 0.6) is 5.75 Å². The summed E-state index contributed by atoms with van der Waals surface area (Å²) in [6.45, 7) is 0. The fourth-order valence-electron chi connectivity index (χ4n) is 3.44. The second-order valence-electron chi connectivity index (χ2n) is 6.43. The van der Waals surface area contributed by atoms with Gasteiger partial charge in [0.05, 0.1) is 23.9 Å². The third kappa shape index (κ3) is 2.48. The molecule has 5 nitrogen and oxygen atoms in total. The van der Waals surface area contributed by atoms with Gasteiger partial charge in [0.25, 0.3) is 5.56 Å². The molecule has 0 saturated carbocycles. The number of aliphatic imine (C=N–C) groups is 1. The molecule has 28 heavy (non-hydrogen) atoms. The molecule has 0 aliphatic heterocycles. The highest BCUT2D eigenvalue weighted by Gasteiger charge is 2.16. The van der Waals surface area contributed by atoms with Gasteiger partial charge < -0.3 is 9.15 Å². The van der Waals surface area contributed by atoms with E-state index >= 15 is 0 Å². The average molecular weight is 368 g/mol. The third-order valence-electron chi connectivity index (χ3n) is 4.81. The van der Waals surface area contributed by atoms with Gasteiger partial charge in [0.15, 0.2) is 5.58 Å². The first-order valence-electron chi connectivity index (χ1n) is 8.89. The molecule has 5 rings (SSSR count). The summed E-state index contributed by atoms with van der Waals surface area (Å²) in [6, 6.07) is 22.5. The number of nitrogens with zero attached hydrogens (tertiary/aromatic N) is 2. The number of oxazole rings is 1. The van der Waals surface area contributed by atoms with Crippen LogP contribution in [0.1, 0.15) is 5.56 Å². The Morgan fingerprint density at radius 1 is 0.929 bits per heavy atom. The summed E-state index contributed by atoms with van der Waals surface area (Å²) in [6.07, 6.45) is 1.75. The highest BCUT2D eigenvalue weighted by atomic mass is 16.5. The van der Waals surface area contributed by atoms with Crippen molar-refractivity contribution in [1.29, 1.82) is 0 Å². The largest absolute Gasteiger partial charge is 0.497 e. The molecule has 0 fully saturated rings. The molecule has 0 saturated heterocycles. The monoisotopic (exact) mass is 368 g/mol. The van der Waals surface area contributed by atoms with Crippen LogP contribution in [0.4, 0.5) is 5.69 Å². The zero-order chi connectivity index (χ0) is 19.1. The molecular formula is C23H16N2O3. The normalized spacial score (nSPS) is 11.8. The van der Waals surface area contributed by atoms with Crippen LogP contribution in [0.3, 0.4) is 0 Å². The van der Waals surface area contributed by atoms with E-state index in [1.54, 1.807) is 17.7 Å². The van der Waals surface area contributed by atoms with Crippen LogP contribution >= 0.6 is 0 Å². The Balaban J connectivity index is 1.81. The van der Waals surface area contributed by atoms with Crippen LogP contribution in [0.2, 0.25) is 0 Å². The molecule has 0 bridgehead atoms. The fraction of sp³-hybridized carbons (Fsp3) is 0.0435. The van der Waals surface area contributed by atoms with E-state index < -0.39 is 0 Å². The van der Waals surface area contributed by atoms with Crippen LogP contribution in [0.25, 0.3) is 27.6 Å². The van der Waals surface area contributed by atoms with E-state index in [1.807, 2.05) is 72.8 Å². The predicted octanol–water partition coefficient (Wildman–Crippen LogP) is 4.96. The molecule has 0 spiro atoms. The van der Waals surface area contributed by atoms with Gasteiger partial charge in [-0.2, -0.15) is 0 Å². The summed E-state index contributed by atoms with van der Waals surface area (Å²) >= 11 is 0. The van der Waals surface area contributed by atoms with Gasteiger partial charge in [-0.25, -0.2) is 4.40 Å². The first kappa shape index (κ1) is 16.3. The van der Waals surface area contributed by atoms with Crippen molar-refractivity contribution in [2.75, 3.05) is 7.11 Å². The maximum absolute atomic E-state index is 13.1. The van der Waals surface area contributed by atoms with Crippen LogP contribution in [0.15, 0.2) is 87.0 Å². The van der Waals surface area contributed by atoms with E-state index in [9.17, 15) is 4.79 Å². The van der Waals surface area contributed by atoms with E-state index in [2.05, 4.69) is 4.99 Å². The van der Waals surface area contributed by atoms with E-state index in [-0.39, 0.29) is 5.56 Å². The number of pyridine rings is 1. The lowest BCUT2D eigenvalue weighted by atomic mass is 10.1.